The summed E-state index contributed by atoms with van der Waals surface area (Å²) >= 11 is 0. The summed E-state index contributed by atoms with van der Waals surface area (Å²) in [7, 11) is 0. The van der Waals surface area contributed by atoms with Gasteiger partial charge in [0, 0.05) is 29.8 Å². The average Bonchev–Trinajstić information content (AvgIpc) is 3.35. The lowest BCUT2D eigenvalue weighted by atomic mass is 9.92. The number of H-pyrrole nitrogens is 2. The lowest BCUT2D eigenvalue weighted by Crippen LogP contribution is -2.19. The second-order valence-corrected chi connectivity index (χ2v) is 9.06. The number of aromatic nitrogens is 6. The number of pyridine rings is 2. The van der Waals surface area contributed by atoms with E-state index in [0.717, 1.165) is 38.8 Å². The minimum atomic E-state index is -0.0788. The highest BCUT2D eigenvalue weighted by molar-refractivity contribution is 5.96. The van der Waals surface area contributed by atoms with Gasteiger partial charge in [0.25, 0.3) is 0 Å². The van der Waals surface area contributed by atoms with Crippen molar-refractivity contribution in [1.29, 1.82) is 0 Å². The molecule has 0 aliphatic heterocycles. The number of hydrogen-bond acceptors (Lipinski definition) is 5. The molecule has 0 aliphatic carbocycles. The van der Waals surface area contributed by atoms with Crippen molar-refractivity contribution in [2.24, 2.45) is 5.41 Å². The molecule has 0 fully saturated rings. The van der Waals surface area contributed by atoms with Gasteiger partial charge in [-0.15, -0.1) is 0 Å². The van der Waals surface area contributed by atoms with Gasteiger partial charge in [0.2, 0.25) is 5.91 Å². The predicted molar refractivity (Wildman–Crippen MR) is 125 cm³/mol. The van der Waals surface area contributed by atoms with Gasteiger partial charge >= 0.3 is 0 Å². The maximum absolute atomic E-state index is 12.3. The fourth-order valence-electron chi connectivity index (χ4n) is 3.70. The van der Waals surface area contributed by atoms with Gasteiger partial charge in [0.15, 0.2) is 5.82 Å². The monoisotopic (exact) mass is 425 g/mol. The average molecular weight is 425 g/mol. The Bertz CT molecular complexity index is 1410. The largest absolute Gasteiger partial charge is 0.335 e. The van der Waals surface area contributed by atoms with Gasteiger partial charge in [-0.05, 0) is 35.2 Å². The maximum Gasteiger partial charge on any atom is 0.224 e. The van der Waals surface area contributed by atoms with E-state index in [0.29, 0.717) is 17.9 Å². The van der Waals surface area contributed by atoms with E-state index in [-0.39, 0.29) is 11.3 Å². The first kappa shape index (κ1) is 19.9. The Balaban J connectivity index is 1.49. The van der Waals surface area contributed by atoms with Crippen LogP contribution in [0.1, 0.15) is 27.2 Å². The van der Waals surface area contributed by atoms with E-state index in [2.05, 4.69) is 41.5 Å². The number of anilines is 1. The highest BCUT2D eigenvalue weighted by atomic mass is 16.1. The Labute approximate surface area is 184 Å². The summed E-state index contributed by atoms with van der Waals surface area (Å²) in [6.07, 6.45) is 7.35. The van der Waals surface area contributed by atoms with Crippen LogP contribution in [0, 0.1) is 5.41 Å². The number of rotatable bonds is 4. The molecule has 4 aromatic heterocycles. The Hall–Kier alpha value is -4.07. The third-order valence-electron chi connectivity index (χ3n) is 5.12. The molecule has 0 bridgehead atoms. The second kappa shape index (κ2) is 7.56. The van der Waals surface area contributed by atoms with Crippen molar-refractivity contribution >= 4 is 33.5 Å². The smallest absolute Gasteiger partial charge is 0.224 e. The number of benzene rings is 1. The third-order valence-corrected chi connectivity index (χ3v) is 5.12. The van der Waals surface area contributed by atoms with Gasteiger partial charge < -0.3 is 10.3 Å². The minimum Gasteiger partial charge on any atom is -0.335 e. The fraction of sp³-hybridized carbons (Fsp3) is 0.208. The molecular formula is C24H23N7O. The van der Waals surface area contributed by atoms with Gasteiger partial charge in [0.1, 0.15) is 5.69 Å². The lowest BCUT2D eigenvalue weighted by molar-refractivity contribution is -0.117. The van der Waals surface area contributed by atoms with E-state index in [1.807, 2.05) is 45.0 Å². The van der Waals surface area contributed by atoms with Crippen LogP contribution in [0.3, 0.4) is 0 Å². The predicted octanol–water partition coefficient (Wildman–Crippen LogP) is 4.94. The molecule has 0 aliphatic rings. The molecule has 3 N–H and O–H groups in total. The molecule has 0 saturated heterocycles. The number of carbonyl (C=O) groups excluding carboxylic acids is 1. The van der Waals surface area contributed by atoms with E-state index >= 15 is 0 Å². The number of nitrogens with one attached hydrogen (secondary N) is 3. The summed E-state index contributed by atoms with van der Waals surface area (Å²) in [5, 5.41) is 11.4. The summed E-state index contributed by atoms with van der Waals surface area (Å²) in [6.45, 7) is 6.12. The van der Waals surface area contributed by atoms with Crippen LogP contribution in [0.5, 0.6) is 0 Å². The SMILES string of the molecule is CC(C)(C)CC(=O)Nc1cncc(-c2ccc3[nH]nc(-c4nc5ccncc5[nH]4)c3c2)c1. The molecule has 1 aromatic carbocycles. The van der Waals surface area contributed by atoms with Crippen LogP contribution < -0.4 is 5.32 Å². The summed E-state index contributed by atoms with van der Waals surface area (Å²) in [4.78, 5) is 28.7. The van der Waals surface area contributed by atoms with Crippen molar-refractivity contribution in [1.82, 2.24) is 30.1 Å². The van der Waals surface area contributed by atoms with E-state index in [4.69, 9.17) is 0 Å². The standard InChI is InChI=1S/C24H23N7O/c1-24(2,3)10-21(32)27-16-8-15(11-26-12-16)14-4-5-18-17(9-14)22(31-30-18)23-28-19-6-7-25-13-20(19)29-23/h4-9,11-13H,10H2,1-3H3,(H,27,32)(H,28,29)(H,30,31). The normalized spacial score (nSPS) is 11.8. The summed E-state index contributed by atoms with van der Waals surface area (Å²) in [6, 6.07) is 9.83. The van der Waals surface area contributed by atoms with E-state index in [9.17, 15) is 4.79 Å². The first-order valence-corrected chi connectivity index (χ1v) is 10.4. The molecule has 1 amide bonds. The molecule has 160 valence electrons. The number of fused-ring (bicyclic) bond motifs is 2. The van der Waals surface area contributed by atoms with Crippen molar-refractivity contribution in [3.8, 4) is 22.6 Å². The van der Waals surface area contributed by atoms with Crippen molar-refractivity contribution < 1.29 is 4.79 Å². The zero-order valence-corrected chi connectivity index (χ0v) is 18.1. The Morgan fingerprint density at radius 3 is 2.69 bits per heavy atom. The molecule has 0 spiro atoms. The molecule has 4 heterocycles. The molecule has 0 radical (unpaired) electrons. The number of amides is 1. The molecule has 5 rings (SSSR count). The minimum absolute atomic E-state index is 0.0246. The van der Waals surface area contributed by atoms with Crippen molar-refractivity contribution in [2.45, 2.75) is 27.2 Å². The van der Waals surface area contributed by atoms with Gasteiger partial charge in [-0.2, -0.15) is 5.10 Å². The molecule has 8 heteroatoms. The lowest BCUT2D eigenvalue weighted by Gasteiger charge is -2.17. The maximum atomic E-state index is 12.3. The second-order valence-electron chi connectivity index (χ2n) is 9.06. The summed E-state index contributed by atoms with van der Waals surface area (Å²) in [5.41, 5.74) is 5.81. The van der Waals surface area contributed by atoms with Gasteiger partial charge in [-0.3, -0.25) is 19.9 Å². The number of carbonyl (C=O) groups is 1. The molecule has 32 heavy (non-hydrogen) atoms. The van der Waals surface area contributed by atoms with Crippen molar-refractivity contribution in [3.05, 3.63) is 55.1 Å². The fourth-order valence-corrected chi connectivity index (χ4v) is 3.70. The molecular weight excluding hydrogens is 402 g/mol. The van der Waals surface area contributed by atoms with Crippen LogP contribution in [-0.2, 0) is 4.79 Å². The van der Waals surface area contributed by atoms with E-state index < -0.39 is 0 Å². The van der Waals surface area contributed by atoms with Crippen LogP contribution in [0.2, 0.25) is 0 Å². The van der Waals surface area contributed by atoms with Crippen LogP contribution in [-0.4, -0.2) is 36.0 Å². The van der Waals surface area contributed by atoms with Crippen LogP contribution in [0.15, 0.2) is 55.1 Å². The topological polar surface area (TPSA) is 112 Å². The zero-order chi connectivity index (χ0) is 22.3. The van der Waals surface area contributed by atoms with Crippen LogP contribution >= 0.6 is 0 Å². The van der Waals surface area contributed by atoms with Crippen molar-refractivity contribution in [2.75, 3.05) is 5.32 Å². The number of nitrogens with zero attached hydrogens (tertiary/aromatic N) is 4. The molecule has 0 unspecified atom stereocenters. The molecule has 0 saturated carbocycles. The summed E-state index contributed by atoms with van der Waals surface area (Å²) in [5.74, 6) is 0.654. The Kier molecular flexibility index (Phi) is 4.70. The van der Waals surface area contributed by atoms with Crippen LogP contribution in [0.25, 0.3) is 44.6 Å². The molecule has 5 aromatic rings. The quantitative estimate of drug-likeness (QED) is 0.378. The number of imidazole rings is 1. The van der Waals surface area contributed by atoms with Crippen LogP contribution in [0.4, 0.5) is 5.69 Å². The highest BCUT2D eigenvalue weighted by Gasteiger charge is 2.17. The Morgan fingerprint density at radius 2 is 1.88 bits per heavy atom. The zero-order valence-electron chi connectivity index (χ0n) is 18.1. The first-order chi connectivity index (χ1) is 15.4. The van der Waals surface area contributed by atoms with Gasteiger partial charge in [0.05, 0.1) is 34.6 Å². The molecule has 0 atom stereocenters. The number of hydrogen-bond donors (Lipinski definition) is 3. The van der Waals surface area contributed by atoms with E-state index in [1.54, 1.807) is 24.8 Å². The highest BCUT2D eigenvalue weighted by Crippen LogP contribution is 2.31. The van der Waals surface area contributed by atoms with E-state index in [1.165, 1.54) is 0 Å². The first-order valence-electron chi connectivity index (χ1n) is 10.4. The number of aromatic amines is 2. The Morgan fingerprint density at radius 1 is 1.00 bits per heavy atom. The molecule has 8 nitrogen and oxygen atoms in total. The van der Waals surface area contributed by atoms with Crippen molar-refractivity contribution in [3.63, 3.8) is 0 Å². The van der Waals surface area contributed by atoms with Gasteiger partial charge in [-0.1, -0.05) is 26.8 Å². The third kappa shape index (κ3) is 3.94. The summed E-state index contributed by atoms with van der Waals surface area (Å²) < 4.78 is 0. The van der Waals surface area contributed by atoms with Gasteiger partial charge in [-0.25, -0.2) is 4.98 Å².